The summed E-state index contributed by atoms with van der Waals surface area (Å²) in [6.07, 6.45) is 0. The van der Waals surface area contributed by atoms with Crippen LogP contribution in [0.4, 0.5) is 0 Å². The molecular formula is C17H19Br2NO. The largest absolute Gasteiger partial charge is 0.457 e. The molecule has 112 valence electrons. The van der Waals surface area contributed by atoms with Gasteiger partial charge in [0, 0.05) is 21.1 Å². The number of benzene rings is 2. The van der Waals surface area contributed by atoms with E-state index in [1.807, 2.05) is 36.4 Å². The molecule has 2 aromatic rings. The molecule has 0 saturated carbocycles. The lowest BCUT2D eigenvalue weighted by atomic mass is 10.2. The van der Waals surface area contributed by atoms with Crippen molar-refractivity contribution in [3.63, 3.8) is 0 Å². The Hall–Kier alpha value is -0.840. The van der Waals surface area contributed by atoms with Gasteiger partial charge in [0.05, 0.1) is 0 Å². The van der Waals surface area contributed by atoms with E-state index >= 15 is 0 Å². The Kier molecular flexibility index (Phi) is 6.27. The van der Waals surface area contributed by atoms with Gasteiger partial charge in [0.15, 0.2) is 0 Å². The third-order valence-corrected chi connectivity index (χ3v) is 3.96. The Morgan fingerprint density at radius 3 is 2.33 bits per heavy atom. The fourth-order valence-corrected chi connectivity index (χ4v) is 2.50. The summed E-state index contributed by atoms with van der Waals surface area (Å²) in [7, 11) is 0. The van der Waals surface area contributed by atoms with Crippen LogP contribution in [0.1, 0.15) is 19.4 Å². The fraction of sp³-hybridized carbons (Fsp3) is 0.294. The molecule has 2 nitrogen and oxygen atoms in total. The Balaban J connectivity index is 2.12. The van der Waals surface area contributed by atoms with Crippen molar-refractivity contribution in [1.82, 2.24) is 5.32 Å². The standard InChI is InChI=1S/C17H19Br2NO/c1-12(2)10-20-11-13-3-4-15(19)9-17(13)21-16-7-5-14(18)6-8-16/h3-9,12,20H,10-11H2,1-2H3. The van der Waals surface area contributed by atoms with E-state index < -0.39 is 0 Å². The summed E-state index contributed by atoms with van der Waals surface area (Å²) in [5.41, 5.74) is 1.15. The number of ether oxygens (including phenoxy) is 1. The zero-order chi connectivity index (χ0) is 15.2. The van der Waals surface area contributed by atoms with E-state index in [2.05, 4.69) is 57.1 Å². The molecule has 2 rings (SSSR count). The van der Waals surface area contributed by atoms with Crippen LogP contribution in [0.3, 0.4) is 0 Å². The number of rotatable bonds is 6. The zero-order valence-electron chi connectivity index (χ0n) is 12.2. The minimum absolute atomic E-state index is 0.635. The number of hydrogen-bond donors (Lipinski definition) is 1. The normalized spacial score (nSPS) is 10.9. The topological polar surface area (TPSA) is 21.3 Å². The summed E-state index contributed by atoms with van der Waals surface area (Å²) in [5, 5.41) is 3.45. The molecule has 0 bridgehead atoms. The fourth-order valence-electron chi connectivity index (χ4n) is 1.89. The number of halogens is 2. The molecule has 0 aliphatic rings. The first-order chi connectivity index (χ1) is 10.0. The molecule has 0 unspecified atom stereocenters. The lowest BCUT2D eigenvalue weighted by molar-refractivity contribution is 0.468. The molecule has 0 heterocycles. The highest BCUT2D eigenvalue weighted by atomic mass is 79.9. The highest BCUT2D eigenvalue weighted by Crippen LogP contribution is 2.29. The lowest BCUT2D eigenvalue weighted by Gasteiger charge is -2.13. The van der Waals surface area contributed by atoms with Crippen molar-refractivity contribution < 1.29 is 4.74 Å². The molecule has 0 spiro atoms. The minimum Gasteiger partial charge on any atom is -0.457 e. The Morgan fingerprint density at radius 1 is 1.00 bits per heavy atom. The van der Waals surface area contributed by atoms with Gasteiger partial charge in [-0.25, -0.2) is 0 Å². The Morgan fingerprint density at radius 2 is 1.67 bits per heavy atom. The summed E-state index contributed by atoms with van der Waals surface area (Å²) in [4.78, 5) is 0. The molecule has 0 aromatic heterocycles. The third-order valence-electron chi connectivity index (χ3n) is 2.94. The second-order valence-corrected chi connectivity index (χ2v) is 7.16. The number of nitrogens with one attached hydrogen (secondary N) is 1. The molecule has 1 N–H and O–H groups in total. The van der Waals surface area contributed by atoms with Crippen LogP contribution in [-0.4, -0.2) is 6.54 Å². The predicted octanol–water partition coefficient (Wildman–Crippen LogP) is 5.75. The van der Waals surface area contributed by atoms with Gasteiger partial charge in [-0.15, -0.1) is 0 Å². The molecule has 21 heavy (non-hydrogen) atoms. The van der Waals surface area contributed by atoms with Crippen LogP contribution in [0.2, 0.25) is 0 Å². The van der Waals surface area contributed by atoms with Gasteiger partial charge in [-0.1, -0.05) is 51.8 Å². The van der Waals surface area contributed by atoms with Gasteiger partial charge in [0.25, 0.3) is 0 Å². The maximum absolute atomic E-state index is 6.01. The van der Waals surface area contributed by atoms with Gasteiger partial charge >= 0.3 is 0 Å². The van der Waals surface area contributed by atoms with Gasteiger partial charge in [0.2, 0.25) is 0 Å². The highest BCUT2D eigenvalue weighted by Gasteiger charge is 2.06. The van der Waals surface area contributed by atoms with E-state index in [4.69, 9.17) is 4.74 Å². The maximum Gasteiger partial charge on any atom is 0.133 e. The summed E-state index contributed by atoms with van der Waals surface area (Å²) in [6.45, 7) is 6.20. The smallest absolute Gasteiger partial charge is 0.133 e. The van der Waals surface area contributed by atoms with Crippen molar-refractivity contribution in [3.8, 4) is 11.5 Å². The van der Waals surface area contributed by atoms with Crippen LogP contribution in [0.15, 0.2) is 51.4 Å². The molecule has 0 saturated heterocycles. The van der Waals surface area contributed by atoms with Crippen LogP contribution >= 0.6 is 31.9 Å². The van der Waals surface area contributed by atoms with Gasteiger partial charge in [-0.3, -0.25) is 0 Å². The first kappa shape index (κ1) is 16.5. The maximum atomic E-state index is 6.01. The van der Waals surface area contributed by atoms with Crippen molar-refractivity contribution in [3.05, 3.63) is 57.0 Å². The summed E-state index contributed by atoms with van der Waals surface area (Å²) in [5.74, 6) is 2.35. The molecule has 0 atom stereocenters. The van der Waals surface area contributed by atoms with Gasteiger partial charge in [0.1, 0.15) is 11.5 Å². The van der Waals surface area contributed by atoms with E-state index in [0.29, 0.717) is 5.92 Å². The molecule has 0 aliphatic carbocycles. The van der Waals surface area contributed by atoms with Crippen molar-refractivity contribution in [2.24, 2.45) is 5.92 Å². The van der Waals surface area contributed by atoms with E-state index in [9.17, 15) is 0 Å². The van der Waals surface area contributed by atoms with Crippen LogP contribution in [-0.2, 0) is 6.54 Å². The third kappa shape index (κ3) is 5.46. The Labute approximate surface area is 143 Å². The Bertz CT molecular complexity index is 582. The minimum atomic E-state index is 0.635. The average Bonchev–Trinajstić information content (AvgIpc) is 2.43. The second-order valence-electron chi connectivity index (χ2n) is 5.33. The quantitative estimate of drug-likeness (QED) is 0.652. The van der Waals surface area contributed by atoms with E-state index in [1.54, 1.807) is 0 Å². The predicted molar refractivity (Wildman–Crippen MR) is 94.9 cm³/mol. The second kappa shape index (κ2) is 7.97. The summed E-state index contributed by atoms with van der Waals surface area (Å²) < 4.78 is 8.07. The van der Waals surface area contributed by atoms with Gasteiger partial charge in [-0.2, -0.15) is 0 Å². The molecular weight excluding hydrogens is 394 g/mol. The first-order valence-electron chi connectivity index (χ1n) is 6.97. The average molecular weight is 413 g/mol. The molecule has 4 heteroatoms. The highest BCUT2D eigenvalue weighted by molar-refractivity contribution is 9.10. The van der Waals surface area contributed by atoms with Gasteiger partial charge < -0.3 is 10.1 Å². The summed E-state index contributed by atoms with van der Waals surface area (Å²) in [6, 6.07) is 14.0. The lowest BCUT2D eigenvalue weighted by Crippen LogP contribution is -2.19. The van der Waals surface area contributed by atoms with Crippen molar-refractivity contribution >= 4 is 31.9 Å². The summed E-state index contributed by atoms with van der Waals surface area (Å²) >= 11 is 6.94. The molecule has 0 aliphatic heterocycles. The van der Waals surface area contributed by atoms with Crippen LogP contribution < -0.4 is 10.1 Å². The van der Waals surface area contributed by atoms with Crippen LogP contribution in [0, 0.1) is 5.92 Å². The van der Waals surface area contributed by atoms with Crippen molar-refractivity contribution in [2.45, 2.75) is 20.4 Å². The monoisotopic (exact) mass is 411 g/mol. The number of hydrogen-bond acceptors (Lipinski definition) is 2. The first-order valence-corrected chi connectivity index (χ1v) is 8.56. The SMILES string of the molecule is CC(C)CNCc1ccc(Br)cc1Oc1ccc(Br)cc1. The van der Waals surface area contributed by atoms with Crippen LogP contribution in [0.25, 0.3) is 0 Å². The van der Waals surface area contributed by atoms with Crippen molar-refractivity contribution in [1.29, 1.82) is 0 Å². The van der Waals surface area contributed by atoms with E-state index in [-0.39, 0.29) is 0 Å². The van der Waals surface area contributed by atoms with Crippen molar-refractivity contribution in [2.75, 3.05) is 6.54 Å². The zero-order valence-corrected chi connectivity index (χ0v) is 15.4. The molecule has 2 aromatic carbocycles. The molecule has 0 amide bonds. The van der Waals surface area contributed by atoms with E-state index in [1.165, 1.54) is 0 Å². The van der Waals surface area contributed by atoms with E-state index in [0.717, 1.165) is 39.1 Å². The molecule has 0 fully saturated rings. The van der Waals surface area contributed by atoms with Gasteiger partial charge in [-0.05, 0) is 48.9 Å². The van der Waals surface area contributed by atoms with Crippen LogP contribution in [0.5, 0.6) is 11.5 Å². The molecule has 0 radical (unpaired) electrons.